The van der Waals surface area contributed by atoms with Gasteiger partial charge in [-0.2, -0.15) is 0 Å². The van der Waals surface area contributed by atoms with Crippen LogP contribution in [0.5, 0.6) is 0 Å². The Morgan fingerprint density at radius 2 is 2.03 bits per heavy atom. The van der Waals surface area contributed by atoms with Crippen LogP contribution in [0, 0.1) is 34.5 Å². The number of aliphatic hydroxyl groups is 2. The Balaban J connectivity index is 1.40. The van der Waals surface area contributed by atoms with E-state index in [0.29, 0.717) is 30.7 Å². The quantitative estimate of drug-likeness (QED) is 0.315. The van der Waals surface area contributed by atoms with E-state index in [1.54, 1.807) is 24.3 Å². The summed E-state index contributed by atoms with van der Waals surface area (Å²) < 4.78 is 0. The average Bonchev–Trinajstić information content (AvgIpc) is 3.06. The molecule has 5 aliphatic carbocycles. The van der Waals surface area contributed by atoms with Crippen molar-refractivity contribution in [2.45, 2.75) is 87.2 Å². The van der Waals surface area contributed by atoms with Crippen LogP contribution in [0.3, 0.4) is 0 Å². The molecule has 0 heterocycles. The molecule has 0 bridgehead atoms. The Kier molecular flexibility index (Phi) is 6.85. The van der Waals surface area contributed by atoms with E-state index in [2.05, 4.69) is 31.8 Å². The molecule has 198 valence electrons. The lowest BCUT2D eigenvalue weighted by atomic mass is 9.47. The van der Waals surface area contributed by atoms with Crippen LogP contribution >= 0.6 is 23.2 Å². The molecule has 36 heavy (non-hydrogen) atoms. The lowest BCUT2D eigenvalue weighted by molar-refractivity contribution is -0.123. The number of allylic oxidation sites excluding steroid dienone is 4. The molecular formula is C30H41Cl2NO3. The van der Waals surface area contributed by atoms with Crippen LogP contribution in [0.15, 0.2) is 48.6 Å². The normalized spacial score (nSPS) is 49.4. The Bertz CT molecular complexity index is 1010. The van der Waals surface area contributed by atoms with Gasteiger partial charge in [-0.1, -0.05) is 55.9 Å². The van der Waals surface area contributed by atoms with Crippen LogP contribution < -0.4 is 5.32 Å². The molecule has 0 aromatic heterocycles. The average molecular weight is 535 g/mol. The molecule has 4 nitrogen and oxygen atoms in total. The molecule has 6 heteroatoms. The Hall–Kier alpha value is -1.07. The van der Waals surface area contributed by atoms with Crippen molar-refractivity contribution in [3.63, 3.8) is 0 Å². The first-order valence-corrected chi connectivity index (χ1v) is 14.5. The maximum Gasteiger partial charge on any atom is 0.247 e. The van der Waals surface area contributed by atoms with Gasteiger partial charge in [-0.05, 0) is 80.0 Å². The van der Waals surface area contributed by atoms with Crippen molar-refractivity contribution in [2.75, 3.05) is 6.54 Å². The maximum absolute atomic E-state index is 13.2. The van der Waals surface area contributed by atoms with E-state index in [-0.39, 0.29) is 28.8 Å². The molecule has 0 aromatic carbocycles. The SMILES string of the molecule is C=CC[C@]1(O)C[C@H]2[C@@H]3CC=C4C[C@@H](O)CC[C@]4(C)[C@H]3CC[C@]2(C)[C@H]1CNC(=O)C1(Cl)C=CC=CC1Cl. The predicted octanol–water partition coefficient (Wildman–Crippen LogP) is 5.67. The summed E-state index contributed by atoms with van der Waals surface area (Å²) in [7, 11) is 0. The standard InChI is InChI=1S/C30H41Cl2NO3/c1-4-12-29(36)17-23-21-9-8-19-16-20(34)10-14-27(19,2)22(21)11-15-28(23,3)24(29)18-33-26(35)30(32)13-6-5-7-25(30)31/h4-8,13,20-25,34,36H,1,9-12,14-18H2,2-3H3,(H,33,35)/t20-,21+,22-,23-,24+,25?,27-,28-,29-,30?/m0/s1. The molecule has 0 radical (unpaired) electrons. The zero-order chi connectivity index (χ0) is 25.9. The third kappa shape index (κ3) is 3.97. The van der Waals surface area contributed by atoms with Gasteiger partial charge in [0.2, 0.25) is 5.91 Å². The van der Waals surface area contributed by atoms with Crippen molar-refractivity contribution >= 4 is 29.1 Å². The predicted molar refractivity (Wildman–Crippen MR) is 146 cm³/mol. The molecule has 0 aromatic rings. The number of amides is 1. The second kappa shape index (κ2) is 9.29. The molecule has 2 unspecified atom stereocenters. The second-order valence-electron chi connectivity index (χ2n) is 12.7. The van der Waals surface area contributed by atoms with E-state index in [1.807, 2.05) is 6.08 Å². The molecule has 1 amide bonds. The Morgan fingerprint density at radius 1 is 1.25 bits per heavy atom. The number of alkyl halides is 2. The van der Waals surface area contributed by atoms with Crippen LogP contribution in [0.4, 0.5) is 0 Å². The summed E-state index contributed by atoms with van der Waals surface area (Å²) in [6, 6.07) is 0. The first-order valence-electron chi connectivity index (χ1n) is 13.7. The maximum atomic E-state index is 13.2. The van der Waals surface area contributed by atoms with Gasteiger partial charge in [-0.25, -0.2) is 0 Å². The molecule has 0 aliphatic heterocycles. The zero-order valence-electron chi connectivity index (χ0n) is 21.6. The lowest BCUT2D eigenvalue weighted by Crippen LogP contribution is -2.54. The smallest absolute Gasteiger partial charge is 0.247 e. The number of halogens is 2. The highest BCUT2D eigenvalue weighted by molar-refractivity contribution is 6.43. The monoisotopic (exact) mass is 533 g/mol. The summed E-state index contributed by atoms with van der Waals surface area (Å²) in [6.07, 6.45) is 18.1. The van der Waals surface area contributed by atoms with Gasteiger partial charge in [-0.15, -0.1) is 29.8 Å². The van der Waals surface area contributed by atoms with Crippen molar-refractivity contribution in [2.24, 2.45) is 34.5 Å². The lowest BCUT2D eigenvalue weighted by Gasteiger charge is -2.58. The second-order valence-corrected chi connectivity index (χ2v) is 13.8. The van der Waals surface area contributed by atoms with Gasteiger partial charge in [0.1, 0.15) is 0 Å². The Labute approximate surface area is 225 Å². The molecule has 0 saturated heterocycles. The molecule has 3 saturated carbocycles. The fourth-order valence-corrected chi connectivity index (χ4v) is 9.43. The number of carbonyl (C=O) groups is 1. The molecule has 0 spiro atoms. The fraction of sp³-hybridized carbons (Fsp3) is 0.700. The van der Waals surface area contributed by atoms with E-state index in [1.165, 1.54) is 5.57 Å². The van der Waals surface area contributed by atoms with Gasteiger partial charge in [-0.3, -0.25) is 4.79 Å². The minimum atomic E-state index is -1.33. The van der Waals surface area contributed by atoms with Crippen LogP contribution in [-0.2, 0) is 4.79 Å². The zero-order valence-corrected chi connectivity index (χ0v) is 23.1. The number of aliphatic hydroxyl groups excluding tert-OH is 1. The van der Waals surface area contributed by atoms with Gasteiger partial charge < -0.3 is 15.5 Å². The molecule has 3 N–H and O–H groups in total. The van der Waals surface area contributed by atoms with Crippen molar-refractivity contribution in [3.05, 3.63) is 48.6 Å². The minimum absolute atomic E-state index is 0.0930. The summed E-state index contributed by atoms with van der Waals surface area (Å²) in [5, 5.41) is 24.8. The molecule has 3 fully saturated rings. The molecule has 10 atom stereocenters. The van der Waals surface area contributed by atoms with Gasteiger partial charge in [0, 0.05) is 12.5 Å². The third-order valence-electron chi connectivity index (χ3n) is 11.0. The Morgan fingerprint density at radius 3 is 2.75 bits per heavy atom. The van der Waals surface area contributed by atoms with Gasteiger partial charge >= 0.3 is 0 Å². The number of fused-ring (bicyclic) bond motifs is 5. The van der Waals surface area contributed by atoms with Crippen LogP contribution in [0.1, 0.15) is 65.2 Å². The van der Waals surface area contributed by atoms with Crippen molar-refractivity contribution in [1.29, 1.82) is 0 Å². The summed E-state index contributed by atoms with van der Waals surface area (Å²) in [5.41, 5.74) is 0.587. The largest absolute Gasteiger partial charge is 0.393 e. The van der Waals surface area contributed by atoms with E-state index in [9.17, 15) is 15.0 Å². The van der Waals surface area contributed by atoms with Crippen LogP contribution in [0.25, 0.3) is 0 Å². The summed E-state index contributed by atoms with van der Waals surface area (Å²) in [4.78, 5) is 11.9. The summed E-state index contributed by atoms with van der Waals surface area (Å²) in [6.45, 7) is 9.07. The van der Waals surface area contributed by atoms with Crippen molar-refractivity contribution < 1.29 is 15.0 Å². The topological polar surface area (TPSA) is 69.6 Å². The van der Waals surface area contributed by atoms with Gasteiger partial charge in [0.15, 0.2) is 4.87 Å². The third-order valence-corrected chi connectivity index (χ3v) is 12.1. The van der Waals surface area contributed by atoms with Crippen molar-refractivity contribution in [1.82, 2.24) is 5.32 Å². The van der Waals surface area contributed by atoms with Gasteiger partial charge in [0.05, 0.1) is 17.1 Å². The van der Waals surface area contributed by atoms with Gasteiger partial charge in [0.25, 0.3) is 0 Å². The summed E-state index contributed by atoms with van der Waals surface area (Å²) >= 11 is 13.1. The summed E-state index contributed by atoms with van der Waals surface area (Å²) in [5.74, 6) is 1.04. The number of nitrogens with one attached hydrogen (secondary N) is 1. The highest BCUT2D eigenvalue weighted by Gasteiger charge is 2.65. The highest BCUT2D eigenvalue weighted by atomic mass is 35.5. The number of hydrogen-bond acceptors (Lipinski definition) is 3. The van der Waals surface area contributed by atoms with E-state index in [4.69, 9.17) is 23.2 Å². The van der Waals surface area contributed by atoms with Crippen molar-refractivity contribution in [3.8, 4) is 0 Å². The van der Waals surface area contributed by atoms with Crippen LogP contribution in [0.2, 0.25) is 0 Å². The van der Waals surface area contributed by atoms with E-state index in [0.717, 1.165) is 44.9 Å². The van der Waals surface area contributed by atoms with E-state index < -0.39 is 15.9 Å². The fourth-order valence-electron chi connectivity index (χ4n) is 8.96. The molecular weight excluding hydrogens is 493 g/mol. The number of carbonyl (C=O) groups excluding carboxylic acids is 1. The minimum Gasteiger partial charge on any atom is -0.393 e. The first-order chi connectivity index (χ1) is 17.0. The number of hydrogen-bond donors (Lipinski definition) is 3. The highest BCUT2D eigenvalue weighted by Crippen LogP contribution is 2.68. The molecule has 5 aliphatic rings. The first kappa shape index (κ1) is 26.5. The number of rotatable bonds is 5. The molecule has 5 rings (SSSR count). The van der Waals surface area contributed by atoms with Crippen LogP contribution in [-0.4, -0.2) is 44.6 Å². The van der Waals surface area contributed by atoms with E-state index >= 15 is 0 Å².